The van der Waals surface area contributed by atoms with Gasteiger partial charge in [-0.3, -0.25) is 4.18 Å². The van der Waals surface area contributed by atoms with Crippen molar-refractivity contribution in [2.75, 3.05) is 47.1 Å². The standard InChI is InChI=1S/C33H42O8S/c1-33(27-13-9-26(10-14-27)22-36-2)23-39-32-21-29(40-24-37-3)17-18-30(32)31(33)8-6-5-7-25-11-15-28(16-12-25)38-19-20-41-42(4,34)35/h9-18,21,31H,5-8,19-20,22-24H2,1-4H3. The molecule has 0 bridgehead atoms. The van der Waals surface area contributed by atoms with Crippen LogP contribution in [0.4, 0.5) is 0 Å². The van der Waals surface area contributed by atoms with Crippen molar-refractivity contribution in [1.82, 2.24) is 0 Å². The predicted molar refractivity (Wildman–Crippen MR) is 162 cm³/mol. The molecule has 1 aliphatic rings. The third-order valence-corrected chi connectivity index (χ3v) is 8.30. The van der Waals surface area contributed by atoms with E-state index in [1.54, 1.807) is 14.2 Å². The van der Waals surface area contributed by atoms with Gasteiger partial charge < -0.3 is 23.7 Å². The molecule has 1 aliphatic heterocycles. The van der Waals surface area contributed by atoms with E-state index in [1.165, 1.54) is 16.7 Å². The van der Waals surface area contributed by atoms with E-state index in [-0.39, 0.29) is 31.3 Å². The molecule has 3 aromatic rings. The summed E-state index contributed by atoms with van der Waals surface area (Å²) in [7, 11) is -0.137. The molecule has 0 saturated heterocycles. The number of benzene rings is 3. The van der Waals surface area contributed by atoms with Crippen molar-refractivity contribution in [2.24, 2.45) is 0 Å². The van der Waals surface area contributed by atoms with Crippen LogP contribution in [0, 0.1) is 0 Å². The summed E-state index contributed by atoms with van der Waals surface area (Å²) in [6.45, 7) is 3.84. The lowest BCUT2D eigenvalue weighted by Gasteiger charge is -2.43. The number of ether oxygens (including phenoxy) is 5. The van der Waals surface area contributed by atoms with Gasteiger partial charge in [0.15, 0.2) is 6.79 Å². The summed E-state index contributed by atoms with van der Waals surface area (Å²) < 4.78 is 54.8. The fourth-order valence-electron chi connectivity index (χ4n) is 5.50. The fourth-order valence-corrected chi connectivity index (χ4v) is 5.87. The first-order chi connectivity index (χ1) is 20.2. The number of hydrogen-bond acceptors (Lipinski definition) is 8. The van der Waals surface area contributed by atoms with Crippen LogP contribution in [0.25, 0.3) is 0 Å². The lowest BCUT2D eigenvalue weighted by Crippen LogP contribution is -2.40. The molecule has 1 heterocycles. The first-order valence-electron chi connectivity index (χ1n) is 14.2. The van der Waals surface area contributed by atoms with E-state index in [2.05, 4.69) is 49.4 Å². The highest BCUT2D eigenvalue weighted by Gasteiger charge is 2.42. The van der Waals surface area contributed by atoms with E-state index in [0.717, 1.165) is 49.0 Å². The Morgan fingerprint density at radius 1 is 0.857 bits per heavy atom. The molecule has 0 radical (unpaired) electrons. The highest BCUT2D eigenvalue weighted by molar-refractivity contribution is 7.85. The second-order valence-corrected chi connectivity index (χ2v) is 12.5. The molecule has 0 spiro atoms. The minimum atomic E-state index is -3.46. The van der Waals surface area contributed by atoms with Crippen molar-refractivity contribution in [3.63, 3.8) is 0 Å². The Bertz CT molecular complexity index is 1370. The summed E-state index contributed by atoms with van der Waals surface area (Å²) in [6, 6.07) is 22.8. The van der Waals surface area contributed by atoms with E-state index in [4.69, 9.17) is 27.9 Å². The van der Waals surface area contributed by atoms with Gasteiger partial charge in [-0.1, -0.05) is 55.8 Å². The predicted octanol–water partition coefficient (Wildman–Crippen LogP) is 6.02. The number of hydrogen-bond donors (Lipinski definition) is 0. The lowest BCUT2D eigenvalue weighted by molar-refractivity contribution is 0.0506. The highest BCUT2D eigenvalue weighted by atomic mass is 32.2. The molecule has 0 N–H and O–H groups in total. The van der Waals surface area contributed by atoms with E-state index < -0.39 is 10.1 Å². The van der Waals surface area contributed by atoms with Crippen molar-refractivity contribution in [3.8, 4) is 17.2 Å². The molecular weight excluding hydrogens is 556 g/mol. The van der Waals surface area contributed by atoms with Crippen molar-refractivity contribution < 1.29 is 36.3 Å². The third kappa shape index (κ3) is 8.70. The molecule has 228 valence electrons. The zero-order valence-electron chi connectivity index (χ0n) is 25.0. The van der Waals surface area contributed by atoms with Gasteiger partial charge in [0.05, 0.1) is 19.5 Å². The first kappa shape index (κ1) is 31.8. The van der Waals surface area contributed by atoms with Crippen molar-refractivity contribution in [2.45, 2.75) is 50.5 Å². The molecule has 0 fully saturated rings. The van der Waals surface area contributed by atoms with Crippen LogP contribution in [0.1, 0.15) is 54.4 Å². The topological polar surface area (TPSA) is 89.5 Å². The van der Waals surface area contributed by atoms with Crippen LogP contribution >= 0.6 is 0 Å². The molecule has 0 aromatic heterocycles. The molecule has 2 unspecified atom stereocenters. The van der Waals surface area contributed by atoms with E-state index in [9.17, 15) is 8.42 Å². The van der Waals surface area contributed by atoms with Gasteiger partial charge in [0.2, 0.25) is 0 Å². The second kappa shape index (κ2) is 14.9. The molecule has 4 rings (SSSR count). The lowest BCUT2D eigenvalue weighted by atomic mass is 9.66. The number of rotatable bonds is 16. The molecule has 42 heavy (non-hydrogen) atoms. The second-order valence-electron chi connectivity index (χ2n) is 10.9. The molecule has 3 aromatic carbocycles. The Labute approximate surface area is 250 Å². The largest absolute Gasteiger partial charge is 0.492 e. The van der Waals surface area contributed by atoms with Gasteiger partial charge in [-0.05, 0) is 59.7 Å². The highest BCUT2D eigenvalue weighted by Crippen LogP contribution is 2.49. The maximum atomic E-state index is 11.1. The monoisotopic (exact) mass is 598 g/mol. The van der Waals surface area contributed by atoms with Crippen LogP contribution in [0.15, 0.2) is 66.7 Å². The van der Waals surface area contributed by atoms with Crippen LogP contribution in [-0.2, 0) is 42.2 Å². The molecule has 0 amide bonds. The van der Waals surface area contributed by atoms with E-state index >= 15 is 0 Å². The zero-order valence-corrected chi connectivity index (χ0v) is 25.8. The van der Waals surface area contributed by atoms with Gasteiger partial charge >= 0.3 is 0 Å². The van der Waals surface area contributed by atoms with Crippen LogP contribution in [0.2, 0.25) is 0 Å². The minimum absolute atomic E-state index is 0.00632. The van der Waals surface area contributed by atoms with Gasteiger partial charge in [0, 0.05) is 31.6 Å². The molecule has 0 aliphatic carbocycles. The summed E-state index contributed by atoms with van der Waals surface area (Å²) in [4.78, 5) is 0. The Morgan fingerprint density at radius 2 is 1.57 bits per heavy atom. The number of aryl methyl sites for hydroxylation is 1. The smallest absolute Gasteiger partial charge is 0.264 e. The summed E-state index contributed by atoms with van der Waals surface area (Å²) in [5.41, 5.74) is 4.66. The summed E-state index contributed by atoms with van der Waals surface area (Å²) in [5, 5.41) is 0. The number of unbranched alkanes of at least 4 members (excludes halogenated alkanes) is 1. The van der Waals surface area contributed by atoms with Crippen LogP contribution in [0.3, 0.4) is 0 Å². The van der Waals surface area contributed by atoms with Crippen molar-refractivity contribution >= 4 is 10.1 Å². The van der Waals surface area contributed by atoms with Gasteiger partial charge in [-0.2, -0.15) is 8.42 Å². The van der Waals surface area contributed by atoms with Gasteiger partial charge in [-0.25, -0.2) is 0 Å². The minimum Gasteiger partial charge on any atom is -0.492 e. The Balaban J connectivity index is 1.41. The average Bonchev–Trinajstić information content (AvgIpc) is 2.98. The maximum Gasteiger partial charge on any atom is 0.264 e. The third-order valence-electron chi connectivity index (χ3n) is 7.71. The van der Waals surface area contributed by atoms with Crippen molar-refractivity contribution in [3.05, 3.63) is 89.0 Å². The normalized spacial score (nSPS) is 18.2. The summed E-state index contributed by atoms with van der Waals surface area (Å²) >= 11 is 0. The van der Waals surface area contributed by atoms with Gasteiger partial charge in [0.1, 0.15) is 30.5 Å². The van der Waals surface area contributed by atoms with Crippen molar-refractivity contribution in [1.29, 1.82) is 0 Å². The SMILES string of the molecule is COCOc1ccc2c(c1)OCC(C)(c1ccc(COC)cc1)C2CCCCc1ccc(OCCOS(C)(=O)=O)cc1. The summed E-state index contributed by atoms with van der Waals surface area (Å²) in [6.07, 6.45) is 5.11. The van der Waals surface area contributed by atoms with Gasteiger partial charge in [-0.15, -0.1) is 0 Å². The number of fused-ring (bicyclic) bond motifs is 1. The zero-order chi connectivity index (χ0) is 30.0. The van der Waals surface area contributed by atoms with E-state index in [0.29, 0.717) is 19.0 Å². The van der Waals surface area contributed by atoms with Crippen LogP contribution in [-0.4, -0.2) is 55.5 Å². The first-order valence-corrected chi connectivity index (χ1v) is 16.1. The Morgan fingerprint density at radius 3 is 2.26 bits per heavy atom. The average molecular weight is 599 g/mol. The van der Waals surface area contributed by atoms with Crippen LogP contribution < -0.4 is 14.2 Å². The van der Waals surface area contributed by atoms with E-state index in [1.807, 2.05) is 24.3 Å². The summed E-state index contributed by atoms with van der Waals surface area (Å²) in [5.74, 6) is 2.57. The molecule has 8 nitrogen and oxygen atoms in total. The molecule has 9 heteroatoms. The Hall–Kier alpha value is -3.11. The molecule has 2 atom stereocenters. The Kier molecular flexibility index (Phi) is 11.3. The fraction of sp³-hybridized carbons (Fsp3) is 0.455. The molecular formula is C33H42O8S. The maximum absolute atomic E-state index is 11.1. The molecule has 0 saturated carbocycles. The van der Waals surface area contributed by atoms with Crippen LogP contribution in [0.5, 0.6) is 17.2 Å². The number of methoxy groups -OCH3 is 2. The quantitative estimate of drug-likeness (QED) is 0.112. The van der Waals surface area contributed by atoms with Gasteiger partial charge in [0.25, 0.3) is 10.1 Å².